The first-order chi connectivity index (χ1) is 9.31. The molecule has 8 heteroatoms. The lowest BCUT2D eigenvalue weighted by Gasteiger charge is -2.34. The van der Waals surface area contributed by atoms with Crippen LogP contribution in [0.2, 0.25) is 0 Å². The van der Waals surface area contributed by atoms with Crippen molar-refractivity contribution in [3.63, 3.8) is 0 Å². The lowest BCUT2D eigenvalue weighted by Crippen LogP contribution is -2.49. The van der Waals surface area contributed by atoms with Gasteiger partial charge in [0.1, 0.15) is 0 Å². The minimum Gasteiger partial charge on any atom is -0.469 e. The van der Waals surface area contributed by atoms with Crippen molar-refractivity contribution in [1.82, 2.24) is 9.80 Å². The number of carbonyl (C=O) groups excluding carboxylic acids is 2. The Morgan fingerprint density at radius 1 is 1.10 bits per heavy atom. The van der Waals surface area contributed by atoms with Gasteiger partial charge in [-0.1, -0.05) is 0 Å². The van der Waals surface area contributed by atoms with Crippen LogP contribution in [0.1, 0.15) is 19.3 Å². The zero-order valence-corrected chi connectivity index (χ0v) is 11.4. The molecule has 0 N–H and O–H groups in total. The summed E-state index contributed by atoms with van der Waals surface area (Å²) in [5.74, 6) is -0.761. The summed E-state index contributed by atoms with van der Waals surface area (Å²) in [7, 11) is 1.32. The molecule has 0 saturated carbocycles. The minimum absolute atomic E-state index is 0.276. The van der Waals surface area contributed by atoms with Gasteiger partial charge >= 0.3 is 12.1 Å². The molecule has 5 nitrogen and oxygen atoms in total. The Balaban J connectivity index is 2.24. The van der Waals surface area contributed by atoms with E-state index >= 15 is 0 Å². The molecule has 0 aromatic carbocycles. The lowest BCUT2D eigenvalue weighted by molar-refractivity contribution is -0.150. The van der Waals surface area contributed by atoms with E-state index in [1.54, 1.807) is 0 Å². The largest absolute Gasteiger partial charge is 0.469 e. The van der Waals surface area contributed by atoms with Crippen molar-refractivity contribution >= 4 is 11.9 Å². The third-order valence-corrected chi connectivity index (χ3v) is 3.21. The highest BCUT2D eigenvalue weighted by molar-refractivity contribution is 5.76. The van der Waals surface area contributed by atoms with Gasteiger partial charge in [-0.25, -0.2) is 0 Å². The van der Waals surface area contributed by atoms with Crippen molar-refractivity contribution in [1.29, 1.82) is 0 Å². The molecule has 0 atom stereocenters. The van der Waals surface area contributed by atoms with Crippen molar-refractivity contribution < 1.29 is 27.5 Å². The maximum absolute atomic E-state index is 12.0. The van der Waals surface area contributed by atoms with Crippen LogP contribution < -0.4 is 0 Å². The first-order valence-electron chi connectivity index (χ1n) is 6.45. The molecule has 0 aliphatic carbocycles. The number of amides is 1. The van der Waals surface area contributed by atoms with Crippen LogP contribution in [0.3, 0.4) is 0 Å². The zero-order chi connectivity index (χ0) is 15.2. The Hall–Kier alpha value is -1.31. The number of nitrogens with zero attached hydrogens (tertiary/aromatic N) is 2. The number of carbonyl (C=O) groups is 2. The third kappa shape index (κ3) is 6.23. The van der Waals surface area contributed by atoms with Crippen molar-refractivity contribution in [2.24, 2.45) is 0 Å². The molecule has 0 spiro atoms. The lowest BCUT2D eigenvalue weighted by atomic mass is 10.2. The van der Waals surface area contributed by atoms with Crippen molar-refractivity contribution in [3.05, 3.63) is 0 Å². The molecule has 0 radical (unpaired) electrons. The molecule has 20 heavy (non-hydrogen) atoms. The summed E-state index contributed by atoms with van der Waals surface area (Å²) in [6, 6.07) is 0. The highest BCUT2D eigenvalue weighted by Gasteiger charge is 2.30. The summed E-state index contributed by atoms with van der Waals surface area (Å²) in [6.45, 7) is 2.47. The van der Waals surface area contributed by atoms with Gasteiger partial charge in [-0.2, -0.15) is 13.2 Å². The molecule has 1 fully saturated rings. The van der Waals surface area contributed by atoms with Crippen LogP contribution in [0.25, 0.3) is 0 Å². The molecule has 1 aliphatic heterocycles. The minimum atomic E-state index is -4.29. The molecular weight excluding hydrogens is 277 g/mol. The van der Waals surface area contributed by atoms with Gasteiger partial charge in [0, 0.05) is 39.1 Å². The second-order valence-electron chi connectivity index (χ2n) is 4.66. The van der Waals surface area contributed by atoms with E-state index in [1.807, 2.05) is 4.90 Å². The summed E-state index contributed by atoms with van der Waals surface area (Å²) in [4.78, 5) is 26.0. The van der Waals surface area contributed by atoms with Gasteiger partial charge in [0.2, 0.25) is 5.91 Å². The average molecular weight is 296 g/mol. The van der Waals surface area contributed by atoms with E-state index in [2.05, 4.69) is 4.74 Å². The predicted molar refractivity (Wildman–Crippen MR) is 64.9 cm³/mol. The van der Waals surface area contributed by atoms with Gasteiger partial charge in [-0.15, -0.1) is 0 Å². The zero-order valence-electron chi connectivity index (χ0n) is 11.4. The molecule has 1 amide bonds. The predicted octanol–water partition coefficient (Wildman–Crippen LogP) is 1.04. The first kappa shape index (κ1) is 16.7. The van der Waals surface area contributed by atoms with E-state index in [1.165, 1.54) is 12.0 Å². The van der Waals surface area contributed by atoms with Gasteiger partial charge in [-0.3, -0.25) is 14.5 Å². The van der Waals surface area contributed by atoms with Crippen LogP contribution in [-0.2, 0) is 14.3 Å². The number of methoxy groups -OCH3 is 1. The van der Waals surface area contributed by atoms with Crippen LogP contribution in [0.4, 0.5) is 13.2 Å². The average Bonchev–Trinajstić information content (AvgIpc) is 2.41. The summed E-state index contributed by atoms with van der Waals surface area (Å²) >= 11 is 0. The van der Waals surface area contributed by atoms with E-state index in [4.69, 9.17) is 0 Å². The topological polar surface area (TPSA) is 49.9 Å². The number of piperazine rings is 1. The van der Waals surface area contributed by atoms with E-state index in [0.29, 0.717) is 32.7 Å². The molecule has 0 unspecified atom stereocenters. The third-order valence-electron chi connectivity index (χ3n) is 3.21. The van der Waals surface area contributed by atoms with Gasteiger partial charge in [-0.05, 0) is 0 Å². The Morgan fingerprint density at radius 3 is 2.20 bits per heavy atom. The highest BCUT2D eigenvalue weighted by atomic mass is 19.4. The molecular formula is C12H19F3N2O3. The van der Waals surface area contributed by atoms with Gasteiger partial charge in [0.15, 0.2) is 0 Å². The number of hydrogen-bond acceptors (Lipinski definition) is 4. The van der Waals surface area contributed by atoms with Gasteiger partial charge < -0.3 is 9.64 Å². The fraction of sp³-hybridized carbons (Fsp3) is 0.833. The molecule has 0 aromatic heterocycles. The Labute approximate surface area is 115 Å². The standard InChI is InChI=1S/C12H19F3N2O3/c1-20-11(19)3-5-16-6-8-17(9-7-16)10(18)2-4-12(13,14)15/h2-9H2,1H3. The fourth-order valence-corrected chi connectivity index (χ4v) is 1.98. The van der Waals surface area contributed by atoms with Crippen molar-refractivity contribution in [2.75, 3.05) is 39.8 Å². The number of ether oxygens (including phenoxy) is 1. The quantitative estimate of drug-likeness (QED) is 0.711. The molecule has 116 valence electrons. The Morgan fingerprint density at radius 2 is 1.70 bits per heavy atom. The molecule has 0 bridgehead atoms. The highest BCUT2D eigenvalue weighted by Crippen LogP contribution is 2.22. The second kappa shape index (κ2) is 7.47. The monoisotopic (exact) mass is 296 g/mol. The molecule has 1 saturated heterocycles. The van der Waals surface area contributed by atoms with Crippen molar-refractivity contribution in [2.45, 2.75) is 25.4 Å². The Bertz CT molecular complexity index is 339. The van der Waals surface area contributed by atoms with E-state index in [-0.39, 0.29) is 12.4 Å². The summed E-state index contributed by atoms with van der Waals surface area (Å²) in [5, 5.41) is 0. The maximum Gasteiger partial charge on any atom is 0.389 e. The summed E-state index contributed by atoms with van der Waals surface area (Å²) in [6.07, 6.45) is -5.59. The van der Waals surface area contributed by atoms with Gasteiger partial charge in [0.05, 0.1) is 20.0 Å². The van der Waals surface area contributed by atoms with Gasteiger partial charge in [0.25, 0.3) is 0 Å². The van der Waals surface area contributed by atoms with Crippen LogP contribution in [0.5, 0.6) is 0 Å². The van der Waals surface area contributed by atoms with E-state index in [9.17, 15) is 22.8 Å². The summed E-state index contributed by atoms with van der Waals surface area (Å²) < 4.78 is 40.6. The second-order valence-corrected chi connectivity index (χ2v) is 4.66. The van der Waals surface area contributed by atoms with Crippen LogP contribution in [0, 0.1) is 0 Å². The number of esters is 1. The molecule has 1 rings (SSSR count). The van der Waals surface area contributed by atoms with E-state index in [0.717, 1.165) is 0 Å². The van der Waals surface area contributed by atoms with Crippen LogP contribution in [-0.4, -0.2) is 67.7 Å². The summed E-state index contributed by atoms with van der Waals surface area (Å²) in [5.41, 5.74) is 0. The molecule has 1 heterocycles. The number of rotatable bonds is 5. The maximum atomic E-state index is 12.0. The van der Waals surface area contributed by atoms with Crippen LogP contribution >= 0.6 is 0 Å². The van der Waals surface area contributed by atoms with Crippen LogP contribution in [0.15, 0.2) is 0 Å². The smallest absolute Gasteiger partial charge is 0.389 e. The fourth-order valence-electron chi connectivity index (χ4n) is 1.98. The van der Waals surface area contributed by atoms with Crippen molar-refractivity contribution in [3.8, 4) is 0 Å². The number of alkyl halides is 3. The van der Waals surface area contributed by atoms with E-state index < -0.39 is 24.9 Å². The SMILES string of the molecule is COC(=O)CCN1CCN(C(=O)CCC(F)(F)F)CC1. The Kier molecular flexibility index (Phi) is 6.25. The molecule has 1 aliphatic rings. The number of hydrogen-bond donors (Lipinski definition) is 0. The normalized spacial score (nSPS) is 17.1. The number of halogens is 3. The molecule has 0 aromatic rings. The first-order valence-corrected chi connectivity index (χ1v) is 6.45.